The second kappa shape index (κ2) is 10.8. The van der Waals surface area contributed by atoms with Gasteiger partial charge in [0.2, 0.25) is 0 Å². The molecule has 0 saturated carbocycles. The van der Waals surface area contributed by atoms with E-state index in [0.717, 1.165) is 49.9 Å². The highest BCUT2D eigenvalue weighted by molar-refractivity contribution is 14.0. The Bertz CT molecular complexity index is 735. The average molecular weight is 486 g/mol. The van der Waals surface area contributed by atoms with Crippen LogP contribution < -0.4 is 10.6 Å². The average Bonchev–Trinajstić information content (AvgIpc) is 2.88. The van der Waals surface area contributed by atoms with Gasteiger partial charge in [0.25, 0.3) is 0 Å². The van der Waals surface area contributed by atoms with Crippen LogP contribution in [0.4, 0.5) is 0 Å². The lowest BCUT2D eigenvalue weighted by atomic mass is 9.93. The molecule has 0 spiro atoms. The molecule has 0 unspecified atom stereocenters. The summed E-state index contributed by atoms with van der Waals surface area (Å²) in [5, 5.41) is 6.86. The summed E-state index contributed by atoms with van der Waals surface area (Å²) < 4.78 is 2.29. The fourth-order valence-corrected chi connectivity index (χ4v) is 3.38. The van der Waals surface area contributed by atoms with E-state index < -0.39 is 0 Å². The second-order valence-corrected chi connectivity index (χ2v) is 7.91. The summed E-state index contributed by atoms with van der Waals surface area (Å²) in [6, 6.07) is 8.31. The molecule has 0 saturated heterocycles. The maximum Gasteiger partial charge on any atom is 0.190 e. The van der Waals surface area contributed by atoms with Crippen molar-refractivity contribution < 1.29 is 0 Å². The summed E-state index contributed by atoms with van der Waals surface area (Å²) in [4.78, 5) is 11.2. The van der Waals surface area contributed by atoms with Gasteiger partial charge in [-0.05, 0) is 45.0 Å². The largest absolute Gasteiger partial charge is 0.356 e. The fourth-order valence-electron chi connectivity index (χ4n) is 3.38. The third-order valence-corrected chi connectivity index (χ3v) is 4.40. The number of imidazole rings is 1. The van der Waals surface area contributed by atoms with Crippen LogP contribution in [0.25, 0.3) is 11.0 Å². The number of guanidine groups is 1. The van der Waals surface area contributed by atoms with E-state index in [9.17, 15) is 0 Å². The van der Waals surface area contributed by atoms with Crippen LogP contribution in [0.15, 0.2) is 29.3 Å². The van der Waals surface area contributed by atoms with Crippen molar-refractivity contribution in [3.8, 4) is 0 Å². The van der Waals surface area contributed by atoms with Crippen molar-refractivity contribution >= 4 is 41.0 Å². The number of nitrogens with one attached hydrogen (secondary N) is 2. The van der Waals surface area contributed by atoms with Crippen LogP contribution in [0.5, 0.6) is 0 Å². The Balaban J connectivity index is 0.00000364. The molecule has 2 N–H and O–H groups in total. The van der Waals surface area contributed by atoms with E-state index in [1.54, 1.807) is 0 Å². The van der Waals surface area contributed by atoms with Crippen molar-refractivity contribution in [2.24, 2.45) is 10.4 Å². The first kappa shape index (κ1) is 23.7. The van der Waals surface area contributed by atoms with Gasteiger partial charge in [0.15, 0.2) is 5.96 Å². The highest BCUT2D eigenvalue weighted by Crippen LogP contribution is 2.16. The molecular formula is C20H35IN6. The Kier molecular flexibility index (Phi) is 9.52. The SMILES string of the molecule is CN=C(NCCCn1c(C)nc2ccccc21)NCC(C)(C)CN(C)C.I. The van der Waals surface area contributed by atoms with Crippen LogP contribution in [-0.4, -0.2) is 61.2 Å². The predicted octanol–water partition coefficient (Wildman–Crippen LogP) is 3.11. The van der Waals surface area contributed by atoms with E-state index in [1.807, 2.05) is 13.1 Å². The van der Waals surface area contributed by atoms with E-state index in [0.29, 0.717) is 0 Å². The van der Waals surface area contributed by atoms with Gasteiger partial charge in [0.1, 0.15) is 5.82 Å². The van der Waals surface area contributed by atoms with Crippen molar-refractivity contribution in [1.82, 2.24) is 25.1 Å². The molecule has 0 amide bonds. The van der Waals surface area contributed by atoms with Gasteiger partial charge in [-0.2, -0.15) is 0 Å². The molecule has 6 nitrogen and oxygen atoms in total. The molecule has 7 heteroatoms. The zero-order chi connectivity index (χ0) is 19.2. The third kappa shape index (κ3) is 7.29. The van der Waals surface area contributed by atoms with Crippen molar-refractivity contribution in [2.75, 3.05) is 40.8 Å². The minimum Gasteiger partial charge on any atom is -0.356 e. The van der Waals surface area contributed by atoms with Crippen molar-refractivity contribution in [3.63, 3.8) is 0 Å². The number of fused-ring (bicyclic) bond motifs is 1. The quantitative estimate of drug-likeness (QED) is 0.261. The highest BCUT2D eigenvalue weighted by Gasteiger charge is 2.19. The Morgan fingerprint density at radius 2 is 1.93 bits per heavy atom. The molecule has 0 aliphatic heterocycles. The first-order valence-corrected chi connectivity index (χ1v) is 9.33. The summed E-state index contributed by atoms with van der Waals surface area (Å²) in [5.74, 6) is 1.93. The molecule has 27 heavy (non-hydrogen) atoms. The summed E-state index contributed by atoms with van der Waals surface area (Å²) in [7, 11) is 6.04. The molecule has 2 aromatic rings. The number of benzene rings is 1. The van der Waals surface area contributed by atoms with E-state index in [2.05, 4.69) is 83.1 Å². The first-order valence-electron chi connectivity index (χ1n) is 9.33. The second-order valence-electron chi connectivity index (χ2n) is 7.91. The summed E-state index contributed by atoms with van der Waals surface area (Å²) in [6.07, 6.45) is 1.02. The Morgan fingerprint density at radius 1 is 1.22 bits per heavy atom. The normalized spacial score (nSPS) is 12.3. The topological polar surface area (TPSA) is 57.5 Å². The van der Waals surface area contributed by atoms with Crippen molar-refractivity contribution in [3.05, 3.63) is 30.1 Å². The van der Waals surface area contributed by atoms with Gasteiger partial charge in [0.05, 0.1) is 11.0 Å². The summed E-state index contributed by atoms with van der Waals surface area (Å²) in [6.45, 7) is 10.3. The smallest absolute Gasteiger partial charge is 0.190 e. The number of halogens is 1. The lowest BCUT2D eigenvalue weighted by molar-refractivity contribution is 0.241. The Morgan fingerprint density at radius 3 is 2.59 bits per heavy atom. The number of rotatable bonds is 8. The number of aromatic nitrogens is 2. The molecule has 0 radical (unpaired) electrons. The van der Waals surface area contributed by atoms with Crippen LogP contribution in [0.1, 0.15) is 26.1 Å². The zero-order valence-corrected chi connectivity index (χ0v) is 19.9. The van der Waals surface area contributed by atoms with Gasteiger partial charge >= 0.3 is 0 Å². The molecule has 1 heterocycles. The number of para-hydroxylation sites is 2. The molecule has 0 aliphatic rings. The van der Waals surface area contributed by atoms with Crippen molar-refractivity contribution in [1.29, 1.82) is 0 Å². The maximum atomic E-state index is 4.63. The standard InChI is InChI=1S/C20H34N6.HI/c1-16-24-17-10-7-8-11-18(17)26(16)13-9-12-22-19(21-4)23-14-20(2,3)15-25(5)6;/h7-8,10-11H,9,12-15H2,1-6H3,(H2,21,22,23);1H. The van der Waals surface area contributed by atoms with Gasteiger partial charge in [0, 0.05) is 33.2 Å². The van der Waals surface area contributed by atoms with Crippen molar-refractivity contribution in [2.45, 2.75) is 33.7 Å². The molecule has 1 aromatic heterocycles. The fraction of sp³-hybridized carbons (Fsp3) is 0.600. The van der Waals surface area contributed by atoms with Crippen LogP contribution >= 0.6 is 24.0 Å². The zero-order valence-electron chi connectivity index (χ0n) is 17.5. The maximum absolute atomic E-state index is 4.63. The van der Waals surface area contributed by atoms with Crippen LogP contribution in [-0.2, 0) is 6.54 Å². The van der Waals surface area contributed by atoms with E-state index in [-0.39, 0.29) is 29.4 Å². The van der Waals surface area contributed by atoms with Gasteiger partial charge in [-0.3, -0.25) is 4.99 Å². The van der Waals surface area contributed by atoms with Gasteiger partial charge in [-0.25, -0.2) is 4.98 Å². The van der Waals surface area contributed by atoms with Crippen LogP contribution in [0.2, 0.25) is 0 Å². The Labute approximate surface area is 180 Å². The number of hydrogen-bond donors (Lipinski definition) is 2. The molecule has 0 bridgehead atoms. The minimum absolute atomic E-state index is 0. The molecular weight excluding hydrogens is 451 g/mol. The number of nitrogens with zero attached hydrogens (tertiary/aromatic N) is 4. The number of aliphatic imine (C=N–C) groups is 1. The van der Waals surface area contributed by atoms with Gasteiger partial charge in [-0.1, -0.05) is 26.0 Å². The van der Waals surface area contributed by atoms with Gasteiger partial charge < -0.3 is 20.1 Å². The highest BCUT2D eigenvalue weighted by atomic mass is 127. The molecule has 0 atom stereocenters. The summed E-state index contributed by atoms with van der Waals surface area (Å²) in [5.41, 5.74) is 2.46. The number of aryl methyl sites for hydroxylation is 2. The lowest BCUT2D eigenvalue weighted by Gasteiger charge is -2.29. The van der Waals surface area contributed by atoms with Crippen LogP contribution in [0.3, 0.4) is 0 Å². The predicted molar refractivity (Wildman–Crippen MR) is 126 cm³/mol. The molecule has 1 aromatic carbocycles. The Hall–Kier alpha value is -1.35. The minimum atomic E-state index is 0. The molecule has 0 fully saturated rings. The van der Waals surface area contributed by atoms with E-state index >= 15 is 0 Å². The summed E-state index contributed by atoms with van der Waals surface area (Å²) >= 11 is 0. The number of hydrogen-bond acceptors (Lipinski definition) is 3. The van der Waals surface area contributed by atoms with Gasteiger partial charge in [-0.15, -0.1) is 24.0 Å². The lowest BCUT2D eigenvalue weighted by Crippen LogP contribution is -2.45. The van der Waals surface area contributed by atoms with Crippen LogP contribution in [0, 0.1) is 12.3 Å². The first-order chi connectivity index (χ1) is 12.3. The van der Waals surface area contributed by atoms with E-state index in [4.69, 9.17) is 0 Å². The molecule has 2 rings (SSSR count). The van der Waals surface area contributed by atoms with E-state index in [1.165, 1.54) is 5.52 Å². The molecule has 152 valence electrons. The molecule has 0 aliphatic carbocycles. The monoisotopic (exact) mass is 486 g/mol. The third-order valence-electron chi connectivity index (χ3n) is 4.40.